The molecule has 132 valence electrons. The van der Waals surface area contributed by atoms with E-state index in [1.54, 1.807) is 28.9 Å². The van der Waals surface area contributed by atoms with Crippen molar-refractivity contribution in [2.75, 3.05) is 26.2 Å². The van der Waals surface area contributed by atoms with Crippen LogP contribution in [0.3, 0.4) is 0 Å². The van der Waals surface area contributed by atoms with Crippen molar-refractivity contribution in [1.82, 2.24) is 9.80 Å². The van der Waals surface area contributed by atoms with Gasteiger partial charge in [-0.1, -0.05) is 19.9 Å². The van der Waals surface area contributed by atoms with Crippen LogP contribution in [-0.2, 0) is 4.79 Å². The molecule has 1 saturated heterocycles. The first-order chi connectivity index (χ1) is 11.3. The van der Waals surface area contributed by atoms with Crippen LogP contribution in [0.2, 0.25) is 0 Å². The molecule has 2 rings (SSSR count). The zero-order valence-corrected chi connectivity index (χ0v) is 14.6. The van der Waals surface area contributed by atoms with Crippen LogP contribution in [0, 0.1) is 18.7 Å². The fraction of sp³-hybridized carbons (Fsp3) is 0.556. The molecule has 2 N–H and O–H groups in total. The topological polar surface area (TPSA) is 66.6 Å². The number of halogens is 1. The number of aryl methyl sites for hydroxylation is 1. The van der Waals surface area contributed by atoms with E-state index in [9.17, 15) is 14.0 Å². The molecule has 1 fully saturated rings. The highest BCUT2D eigenvalue weighted by molar-refractivity contribution is 5.94. The van der Waals surface area contributed by atoms with E-state index < -0.39 is 6.04 Å². The predicted molar refractivity (Wildman–Crippen MR) is 91.1 cm³/mol. The summed E-state index contributed by atoms with van der Waals surface area (Å²) in [6.07, 6.45) is 0.653. The number of carbonyl (C=O) groups is 2. The second-order valence-electron chi connectivity index (χ2n) is 6.82. The lowest BCUT2D eigenvalue weighted by atomic mass is 10.0. The maximum atomic E-state index is 13.6. The van der Waals surface area contributed by atoms with Crippen LogP contribution in [0.25, 0.3) is 0 Å². The fourth-order valence-electron chi connectivity index (χ4n) is 2.88. The van der Waals surface area contributed by atoms with Crippen molar-refractivity contribution in [3.05, 3.63) is 35.1 Å². The minimum atomic E-state index is -0.488. The Morgan fingerprint density at radius 2 is 1.75 bits per heavy atom. The van der Waals surface area contributed by atoms with Gasteiger partial charge in [-0.3, -0.25) is 9.59 Å². The van der Waals surface area contributed by atoms with Gasteiger partial charge in [0.05, 0.1) is 6.04 Å². The molecule has 1 aromatic rings. The first kappa shape index (κ1) is 18.4. The maximum Gasteiger partial charge on any atom is 0.254 e. The van der Waals surface area contributed by atoms with E-state index in [0.717, 1.165) is 0 Å². The molecule has 0 aromatic heterocycles. The smallest absolute Gasteiger partial charge is 0.254 e. The fourth-order valence-corrected chi connectivity index (χ4v) is 2.88. The number of amides is 2. The molecule has 0 spiro atoms. The monoisotopic (exact) mass is 335 g/mol. The van der Waals surface area contributed by atoms with Gasteiger partial charge in [0.2, 0.25) is 5.91 Å². The molecule has 0 radical (unpaired) electrons. The number of nitrogens with zero attached hydrogens (tertiary/aromatic N) is 2. The van der Waals surface area contributed by atoms with Crippen molar-refractivity contribution >= 4 is 11.8 Å². The second-order valence-corrected chi connectivity index (χ2v) is 6.82. The molecule has 0 aliphatic carbocycles. The highest BCUT2D eigenvalue weighted by Crippen LogP contribution is 2.14. The molecule has 1 atom stereocenters. The lowest BCUT2D eigenvalue weighted by Crippen LogP contribution is -2.54. The van der Waals surface area contributed by atoms with Crippen molar-refractivity contribution in [1.29, 1.82) is 0 Å². The van der Waals surface area contributed by atoms with Gasteiger partial charge in [0, 0.05) is 31.7 Å². The van der Waals surface area contributed by atoms with Crippen molar-refractivity contribution < 1.29 is 14.0 Å². The summed E-state index contributed by atoms with van der Waals surface area (Å²) in [5, 5.41) is 0. The van der Waals surface area contributed by atoms with Crippen molar-refractivity contribution in [3.8, 4) is 0 Å². The van der Waals surface area contributed by atoms with E-state index in [1.807, 2.05) is 13.8 Å². The number of hydrogen-bond donors (Lipinski definition) is 1. The molecular formula is C18H26FN3O2. The van der Waals surface area contributed by atoms with Crippen LogP contribution >= 0.6 is 0 Å². The van der Waals surface area contributed by atoms with E-state index in [4.69, 9.17) is 5.73 Å². The molecule has 0 bridgehead atoms. The number of rotatable bonds is 4. The molecular weight excluding hydrogens is 309 g/mol. The SMILES string of the molecule is Cc1ccc(C(=O)N2CCN(C(=O)[C@@H](N)CC(C)C)CC2)cc1F. The number of nitrogens with two attached hydrogens (primary N) is 1. The number of benzene rings is 1. The summed E-state index contributed by atoms with van der Waals surface area (Å²) in [5.74, 6) is -0.276. The minimum absolute atomic E-state index is 0.0582. The molecule has 0 unspecified atom stereocenters. The van der Waals surface area contributed by atoms with E-state index in [-0.39, 0.29) is 17.6 Å². The van der Waals surface area contributed by atoms with Gasteiger partial charge in [-0.15, -0.1) is 0 Å². The molecule has 6 heteroatoms. The Hall–Kier alpha value is -1.95. The lowest BCUT2D eigenvalue weighted by molar-refractivity contribution is -0.134. The third-order valence-corrected chi connectivity index (χ3v) is 4.34. The largest absolute Gasteiger partial charge is 0.338 e. The molecule has 5 nitrogen and oxygen atoms in total. The molecule has 0 saturated carbocycles. The first-order valence-electron chi connectivity index (χ1n) is 8.39. The molecule has 24 heavy (non-hydrogen) atoms. The number of hydrogen-bond acceptors (Lipinski definition) is 3. The summed E-state index contributed by atoms with van der Waals surface area (Å²) >= 11 is 0. The average molecular weight is 335 g/mol. The summed E-state index contributed by atoms with van der Waals surface area (Å²) < 4.78 is 13.6. The Kier molecular flexibility index (Phi) is 5.94. The van der Waals surface area contributed by atoms with Gasteiger partial charge in [0.15, 0.2) is 0 Å². The Bertz CT molecular complexity index is 610. The molecule has 1 aliphatic rings. The Morgan fingerprint density at radius 1 is 1.17 bits per heavy atom. The number of piperazine rings is 1. The van der Waals surface area contributed by atoms with Crippen LogP contribution < -0.4 is 5.73 Å². The summed E-state index contributed by atoms with van der Waals surface area (Å²) in [7, 11) is 0. The van der Waals surface area contributed by atoms with E-state index in [1.165, 1.54) is 6.07 Å². The molecule has 1 aromatic carbocycles. The normalized spacial score (nSPS) is 16.4. The average Bonchev–Trinajstić information content (AvgIpc) is 2.55. The zero-order chi connectivity index (χ0) is 17.9. The number of carbonyl (C=O) groups excluding carboxylic acids is 2. The molecule has 1 heterocycles. The van der Waals surface area contributed by atoms with Gasteiger partial charge in [-0.2, -0.15) is 0 Å². The third-order valence-electron chi connectivity index (χ3n) is 4.34. The summed E-state index contributed by atoms with van der Waals surface area (Å²) in [4.78, 5) is 28.1. The third kappa shape index (κ3) is 4.32. The molecule has 2 amide bonds. The lowest BCUT2D eigenvalue weighted by Gasteiger charge is -2.36. The van der Waals surface area contributed by atoms with Crippen LogP contribution in [0.15, 0.2) is 18.2 Å². The Morgan fingerprint density at radius 3 is 2.29 bits per heavy atom. The van der Waals surface area contributed by atoms with Gasteiger partial charge in [0.25, 0.3) is 5.91 Å². The predicted octanol–water partition coefficient (Wildman–Crippen LogP) is 1.79. The second kappa shape index (κ2) is 7.75. The van der Waals surface area contributed by atoms with Gasteiger partial charge in [-0.25, -0.2) is 4.39 Å². The summed E-state index contributed by atoms with van der Waals surface area (Å²) in [5.41, 5.74) is 6.81. The first-order valence-corrected chi connectivity index (χ1v) is 8.39. The Labute approximate surface area is 142 Å². The van der Waals surface area contributed by atoms with Crippen LogP contribution in [0.4, 0.5) is 4.39 Å². The maximum absolute atomic E-state index is 13.6. The minimum Gasteiger partial charge on any atom is -0.338 e. The van der Waals surface area contributed by atoms with E-state index in [2.05, 4.69) is 0 Å². The summed E-state index contributed by atoms with van der Waals surface area (Å²) in [6.45, 7) is 7.53. The van der Waals surface area contributed by atoms with Crippen molar-refractivity contribution in [2.24, 2.45) is 11.7 Å². The highest BCUT2D eigenvalue weighted by atomic mass is 19.1. The van der Waals surface area contributed by atoms with E-state index >= 15 is 0 Å². The molecule has 1 aliphatic heterocycles. The van der Waals surface area contributed by atoms with Crippen molar-refractivity contribution in [2.45, 2.75) is 33.2 Å². The van der Waals surface area contributed by atoms with Gasteiger partial charge in [-0.05, 0) is 37.0 Å². The Balaban J connectivity index is 1.93. The van der Waals surface area contributed by atoms with Gasteiger partial charge >= 0.3 is 0 Å². The van der Waals surface area contributed by atoms with Crippen LogP contribution in [-0.4, -0.2) is 53.8 Å². The van der Waals surface area contributed by atoms with Gasteiger partial charge in [0.1, 0.15) is 5.82 Å². The van der Waals surface area contributed by atoms with Crippen molar-refractivity contribution in [3.63, 3.8) is 0 Å². The van der Waals surface area contributed by atoms with Gasteiger partial charge < -0.3 is 15.5 Å². The van der Waals surface area contributed by atoms with Crippen LogP contribution in [0.5, 0.6) is 0 Å². The standard InChI is InChI=1S/C18H26FN3O2/c1-12(2)10-16(20)18(24)22-8-6-21(7-9-22)17(23)14-5-4-13(3)15(19)11-14/h4-5,11-12,16H,6-10,20H2,1-3H3/t16-/m0/s1. The quantitative estimate of drug-likeness (QED) is 0.912. The highest BCUT2D eigenvalue weighted by Gasteiger charge is 2.28. The zero-order valence-electron chi connectivity index (χ0n) is 14.6. The summed E-state index contributed by atoms with van der Waals surface area (Å²) in [6, 6.07) is 4.02. The van der Waals surface area contributed by atoms with E-state index in [0.29, 0.717) is 49.6 Å². The van der Waals surface area contributed by atoms with Crippen LogP contribution in [0.1, 0.15) is 36.2 Å².